The van der Waals surface area contributed by atoms with Crippen molar-refractivity contribution in [3.63, 3.8) is 0 Å². The summed E-state index contributed by atoms with van der Waals surface area (Å²) in [5.41, 5.74) is 3.18. The lowest BCUT2D eigenvalue weighted by Gasteiger charge is -2.16. The summed E-state index contributed by atoms with van der Waals surface area (Å²) in [4.78, 5) is 11.6. The minimum absolute atomic E-state index is 0.112. The van der Waals surface area contributed by atoms with E-state index < -0.39 is 0 Å². The summed E-state index contributed by atoms with van der Waals surface area (Å²) >= 11 is 0. The van der Waals surface area contributed by atoms with E-state index in [2.05, 4.69) is 42.5 Å². The Labute approximate surface area is 221 Å². The van der Waals surface area contributed by atoms with Crippen molar-refractivity contribution in [2.24, 2.45) is 0 Å². The number of rotatable bonds is 4. The van der Waals surface area contributed by atoms with E-state index in [0.717, 1.165) is 22.1 Å². The molecule has 190 valence electrons. The minimum atomic E-state index is -0.385. The molecular formula is C34H30O4. The SMILES string of the molecule is CC(O)c1ccc2ccccc2c1.Cc1cc(=O)oc2cc(OC(C)c3ccc4ccccc4c3)ccc12. The highest BCUT2D eigenvalue weighted by atomic mass is 16.5. The number of aliphatic hydroxyl groups excluding tert-OH is 1. The highest BCUT2D eigenvalue weighted by Crippen LogP contribution is 2.28. The highest BCUT2D eigenvalue weighted by molar-refractivity contribution is 5.84. The molecule has 6 aromatic rings. The number of benzene rings is 5. The number of hydrogen-bond acceptors (Lipinski definition) is 4. The maximum absolute atomic E-state index is 11.6. The average Bonchev–Trinajstić information content (AvgIpc) is 2.92. The first kappa shape index (κ1) is 25.2. The number of aliphatic hydroxyl groups is 1. The normalized spacial score (nSPS) is 12.6. The van der Waals surface area contributed by atoms with Gasteiger partial charge in [-0.15, -0.1) is 0 Å². The molecule has 1 aromatic heterocycles. The zero-order valence-electron chi connectivity index (χ0n) is 21.7. The highest BCUT2D eigenvalue weighted by Gasteiger charge is 2.10. The van der Waals surface area contributed by atoms with E-state index >= 15 is 0 Å². The number of hydrogen-bond donors (Lipinski definition) is 1. The van der Waals surface area contributed by atoms with E-state index in [1.807, 2.05) is 68.4 Å². The molecular weight excluding hydrogens is 472 g/mol. The summed E-state index contributed by atoms with van der Waals surface area (Å²) in [5, 5.41) is 15.1. The molecule has 6 rings (SSSR count). The maximum atomic E-state index is 11.6. The van der Waals surface area contributed by atoms with Crippen LogP contribution in [0.15, 0.2) is 118 Å². The lowest BCUT2D eigenvalue weighted by molar-refractivity contribution is 0.199. The van der Waals surface area contributed by atoms with Crippen molar-refractivity contribution in [2.45, 2.75) is 33.0 Å². The fourth-order valence-electron chi connectivity index (χ4n) is 4.58. The Morgan fingerprint density at radius 3 is 1.89 bits per heavy atom. The van der Waals surface area contributed by atoms with Gasteiger partial charge in [0.25, 0.3) is 0 Å². The van der Waals surface area contributed by atoms with Crippen molar-refractivity contribution in [2.75, 3.05) is 0 Å². The molecule has 4 heteroatoms. The van der Waals surface area contributed by atoms with E-state index in [1.165, 1.54) is 27.6 Å². The quantitative estimate of drug-likeness (QED) is 0.246. The summed E-state index contributed by atoms with van der Waals surface area (Å²) in [6.07, 6.45) is -0.497. The Hall–Kier alpha value is -4.41. The molecule has 0 radical (unpaired) electrons. The van der Waals surface area contributed by atoms with Gasteiger partial charge in [-0.2, -0.15) is 0 Å². The van der Waals surface area contributed by atoms with Crippen LogP contribution in [0.1, 0.15) is 42.7 Å². The smallest absolute Gasteiger partial charge is 0.336 e. The summed E-state index contributed by atoms with van der Waals surface area (Å²) < 4.78 is 11.4. The van der Waals surface area contributed by atoms with Gasteiger partial charge in [-0.05, 0) is 83.3 Å². The molecule has 0 aliphatic heterocycles. The van der Waals surface area contributed by atoms with Gasteiger partial charge in [-0.3, -0.25) is 0 Å². The van der Waals surface area contributed by atoms with Crippen LogP contribution in [0.25, 0.3) is 32.5 Å². The minimum Gasteiger partial charge on any atom is -0.486 e. The molecule has 0 amide bonds. The second-order valence-electron chi connectivity index (χ2n) is 9.56. The molecule has 1 heterocycles. The third-order valence-electron chi connectivity index (χ3n) is 6.73. The Kier molecular flexibility index (Phi) is 7.25. The van der Waals surface area contributed by atoms with Crippen molar-refractivity contribution >= 4 is 32.5 Å². The van der Waals surface area contributed by atoms with Crippen LogP contribution in [0, 0.1) is 6.92 Å². The van der Waals surface area contributed by atoms with Crippen LogP contribution in [0.2, 0.25) is 0 Å². The molecule has 1 N–H and O–H groups in total. The summed E-state index contributed by atoms with van der Waals surface area (Å²) in [7, 11) is 0. The largest absolute Gasteiger partial charge is 0.486 e. The van der Waals surface area contributed by atoms with E-state index in [0.29, 0.717) is 11.3 Å². The van der Waals surface area contributed by atoms with Crippen LogP contribution in [0.4, 0.5) is 0 Å². The molecule has 0 aliphatic carbocycles. The van der Waals surface area contributed by atoms with Gasteiger partial charge in [0.05, 0.1) is 6.10 Å². The molecule has 0 fully saturated rings. The second-order valence-corrected chi connectivity index (χ2v) is 9.56. The molecule has 0 aliphatic rings. The molecule has 4 nitrogen and oxygen atoms in total. The molecule has 38 heavy (non-hydrogen) atoms. The molecule has 2 atom stereocenters. The molecule has 0 bridgehead atoms. The fraction of sp³-hybridized carbons (Fsp3) is 0.147. The zero-order valence-corrected chi connectivity index (χ0v) is 21.7. The van der Waals surface area contributed by atoms with Gasteiger partial charge in [0.15, 0.2) is 0 Å². The van der Waals surface area contributed by atoms with E-state index in [9.17, 15) is 9.90 Å². The number of fused-ring (bicyclic) bond motifs is 3. The maximum Gasteiger partial charge on any atom is 0.336 e. The predicted molar refractivity (Wildman–Crippen MR) is 155 cm³/mol. The summed E-state index contributed by atoms with van der Waals surface area (Å²) in [6, 6.07) is 35.9. The molecule has 0 saturated heterocycles. The third-order valence-corrected chi connectivity index (χ3v) is 6.73. The van der Waals surface area contributed by atoms with Crippen molar-refractivity contribution in [1.82, 2.24) is 0 Å². The first-order valence-electron chi connectivity index (χ1n) is 12.7. The number of ether oxygens (including phenoxy) is 1. The predicted octanol–water partition coefficient (Wildman–Crippen LogP) is 8.29. The molecule has 0 saturated carbocycles. The van der Waals surface area contributed by atoms with Crippen molar-refractivity contribution in [3.8, 4) is 5.75 Å². The Balaban J connectivity index is 0.000000190. The monoisotopic (exact) mass is 502 g/mol. The van der Waals surface area contributed by atoms with Gasteiger partial charge < -0.3 is 14.3 Å². The molecule has 5 aromatic carbocycles. The van der Waals surface area contributed by atoms with Gasteiger partial charge in [-0.25, -0.2) is 4.79 Å². The summed E-state index contributed by atoms with van der Waals surface area (Å²) in [6.45, 7) is 5.70. The zero-order chi connectivity index (χ0) is 26.6. The first-order chi connectivity index (χ1) is 18.4. The second kappa shape index (κ2) is 10.9. The summed E-state index contributed by atoms with van der Waals surface area (Å²) in [5.74, 6) is 0.682. The van der Waals surface area contributed by atoms with Gasteiger partial charge in [0, 0.05) is 17.5 Å². The van der Waals surface area contributed by atoms with Crippen molar-refractivity contribution < 1.29 is 14.3 Å². The first-order valence-corrected chi connectivity index (χ1v) is 12.7. The van der Waals surface area contributed by atoms with Crippen LogP contribution >= 0.6 is 0 Å². The van der Waals surface area contributed by atoms with Crippen LogP contribution in [0.5, 0.6) is 5.75 Å². The fourth-order valence-corrected chi connectivity index (χ4v) is 4.58. The van der Waals surface area contributed by atoms with E-state index in [4.69, 9.17) is 9.15 Å². The molecule has 0 spiro atoms. The van der Waals surface area contributed by atoms with E-state index in [-0.39, 0.29) is 17.8 Å². The van der Waals surface area contributed by atoms with Crippen molar-refractivity contribution in [3.05, 3.63) is 136 Å². The van der Waals surface area contributed by atoms with Crippen LogP contribution in [-0.4, -0.2) is 5.11 Å². The van der Waals surface area contributed by atoms with E-state index in [1.54, 1.807) is 13.0 Å². The Bertz CT molecular complexity index is 1780. The van der Waals surface area contributed by atoms with Gasteiger partial charge in [-0.1, -0.05) is 72.8 Å². The third kappa shape index (κ3) is 5.61. The van der Waals surface area contributed by atoms with Crippen molar-refractivity contribution in [1.29, 1.82) is 0 Å². The lowest BCUT2D eigenvalue weighted by Crippen LogP contribution is -2.03. The lowest BCUT2D eigenvalue weighted by atomic mass is 10.0. The Morgan fingerprint density at radius 2 is 1.26 bits per heavy atom. The Morgan fingerprint density at radius 1 is 0.684 bits per heavy atom. The van der Waals surface area contributed by atoms with Gasteiger partial charge in [0.1, 0.15) is 17.4 Å². The van der Waals surface area contributed by atoms with Crippen LogP contribution in [-0.2, 0) is 0 Å². The average molecular weight is 503 g/mol. The van der Waals surface area contributed by atoms with Gasteiger partial charge >= 0.3 is 5.63 Å². The molecule has 2 unspecified atom stereocenters. The number of aryl methyl sites for hydroxylation is 1. The standard InChI is InChI=1S/C22H18O3.C12H12O/c1-14-11-22(23)25-21-13-19(9-10-20(14)21)24-15(2)17-8-7-16-5-3-4-6-18(16)12-17;1-9(13)11-7-6-10-4-2-3-5-12(10)8-11/h3-13,15H,1-2H3;2-9,13H,1H3. The topological polar surface area (TPSA) is 59.7 Å². The van der Waals surface area contributed by atoms with Crippen LogP contribution < -0.4 is 10.4 Å². The van der Waals surface area contributed by atoms with Gasteiger partial charge in [0.2, 0.25) is 0 Å². The van der Waals surface area contributed by atoms with Crippen LogP contribution in [0.3, 0.4) is 0 Å².